The second-order valence-electron chi connectivity index (χ2n) is 0. The Labute approximate surface area is 227 Å². The minimum absolute atomic E-state index is 0. The minimum Gasteiger partial charge on any atom is 0 e. The summed E-state index contributed by atoms with van der Waals surface area (Å²) in [7, 11) is 0. The van der Waals surface area contributed by atoms with Gasteiger partial charge in [-0.05, 0) is 0 Å². The summed E-state index contributed by atoms with van der Waals surface area (Å²) in [6.45, 7) is 0. The summed E-state index contributed by atoms with van der Waals surface area (Å²) in [5, 5.41) is 0. The van der Waals surface area contributed by atoms with Crippen LogP contribution in [0.3, 0.4) is 0 Å². The van der Waals surface area contributed by atoms with E-state index in [0.29, 0.717) is 0 Å². The van der Waals surface area contributed by atoms with Gasteiger partial charge in [-0.1, -0.05) is 0 Å². The van der Waals surface area contributed by atoms with Crippen LogP contribution < -0.4 is 0 Å². The van der Waals surface area contributed by atoms with Crippen molar-refractivity contribution in [1.82, 2.24) is 0 Å². The number of hydrogen-bond donors (Lipinski definition) is 0. The smallest absolute Gasteiger partial charge is 0 e. The van der Waals surface area contributed by atoms with E-state index >= 15 is 0 Å². The molecule has 0 spiro atoms. The summed E-state index contributed by atoms with van der Waals surface area (Å²) >= 11 is 0. The van der Waals surface area contributed by atoms with Crippen LogP contribution in [0.4, 0.5) is 0 Å². The SMILES string of the molecule is [Ba].[Ca].[K].[Mg].[Na].[Sr]. The molecule has 6 heavy (non-hydrogen) atoms. The van der Waals surface area contributed by atoms with Gasteiger partial charge in [-0.2, -0.15) is 0 Å². The van der Waals surface area contributed by atoms with Gasteiger partial charge in [0.1, 0.15) is 0 Å². The van der Waals surface area contributed by atoms with E-state index in [2.05, 4.69) is 0 Å². The Morgan fingerprint density at radius 1 is 1.00 bits per heavy atom. The summed E-state index contributed by atoms with van der Waals surface area (Å²) in [6.07, 6.45) is 0. The van der Waals surface area contributed by atoms with E-state index < -0.39 is 0 Å². The normalized spacial score (nSPS) is 0. The summed E-state index contributed by atoms with van der Waals surface area (Å²) in [6, 6.07) is 0. The summed E-state index contributed by atoms with van der Waals surface area (Å²) in [5.41, 5.74) is 0. The van der Waals surface area contributed by atoms with Crippen LogP contribution in [0, 0.1) is 0 Å². The average molecular weight is 351 g/mol. The zero-order valence-electron chi connectivity index (χ0n) is 4.83. The zero-order valence-corrected chi connectivity index (χ0v) is 21.5. The molecule has 0 heterocycles. The van der Waals surface area contributed by atoms with Gasteiger partial charge in [0.05, 0.1) is 0 Å². The summed E-state index contributed by atoms with van der Waals surface area (Å²) < 4.78 is 0. The molecule has 0 unspecified atom stereocenters. The molecular weight excluding hydrogens is 351 g/mol. The fourth-order valence-corrected chi connectivity index (χ4v) is 0. The molecule has 0 N–H and O–H groups in total. The third kappa shape index (κ3) is 22.6. The van der Waals surface area contributed by atoms with Gasteiger partial charge in [0.2, 0.25) is 0 Å². The van der Waals surface area contributed by atoms with Crippen LogP contribution in [0.5, 0.6) is 0 Å². The molecule has 0 aliphatic heterocycles. The Morgan fingerprint density at radius 2 is 1.00 bits per heavy atom. The molecule has 0 aliphatic carbocycles. The van der Waals surface area contributed by atoms with Crippen molar-refractivity contribution < 1.29 is 0 Å². The molecule has 0 aromatic heterocycles. The molecule has 10 radical (unpaired) electrons. The van der Waals surface area contributed by atoms with E-state index in [1.807, 2.05) is 0 Å². The predicted octanol–water partition coefficient (Wildman–Crippen LogP) is -2.28. The third-order valence-corrected chi connectivity index (χ3v) is 0. The van der Waals surface area contributed by atoms with E-state index in [-0.39, 0.29) is 236 Å². The second kappa shape index (κ2) is 29.3. The van der Waals surface area contributed by atoms with E-state index in [0.717, 1.165) is 0 Å². The molecule has 0 aromatic rings. The van der Waals surface area contributed by atoms with Gasteiger partial charge in [-0.3, -0.25) is 0 Å². The Morgan fingerprint density at radius 3 is 1.00 bits per heavy atom. The first-order chi connectivity index (χ1) is 0. The monoisotopic (exact) mass is 352 g/mol. The molecule has 0 aliphatic rings. The Bertz CT molecular complexity index is 15.5. The van der Waals surface area contributed by atoms with Gasteiger partial charge in [-0.15, -0.1) is 0 Å². The van der Waals surface area contributed by atoms with Crippen molar-refractivity contribution in [1.29, 1.82) is 0 Å². The Kier molecular flexibility index (Phi) is 182. The predicted molar refractivity (Wildman–Crippen MR) is 34.5 cm³/mol. The second-order valence-corrected chi connectivity index (χ2v) is 0. The van der Waals surface area contributed by atoms with Crippen LogP contribution in [0.1, 0.15) is 0 Å². The maximum absolute atomic E-state index is 0. The van der Waals surface area contributed by atoms with Gasteiger partial charge < -0.3 is 0 Å². The average Bonchev–Trinajstić information content (AvgIpc) is 0. The first-order valence-electron chi connectivity index (χ1n) is 0. The molecule has 0 atom stereocenters. The minimum atomic E-state index is 0. The third-order valence-electron chi connectivity index (χ3n) is 0. The number of rotatable bonds is 0. The topological polar surface area (TPSA) is 0 Å². The molecule has 0 rings (SSSR count). The molecule has 0 nitrogen and oxygen atoms in total. The quantitative estimate of drug-likeness (QED) is 0.432. The molecule has 0 bridgehead atoms. The molecule has 10 valence electrons. The summed E-state index contributed by atoms with van der Waals surface area (Å²) in [4.78, 5) is 0. The van der Waals surface area contributed by atoms with Crippen molar-refractivity contribution in [3.63, 3.8) is 0 Å². The van der Waals surface area contributed by atoms with Gasteiger partial charge in [0, 0.05) is 236 Å². The Hall–Kier alpha value is 7.71. The molecule has 0 saturated heterocycles. The van der Waals surface area contributed by atoms with Crippen LogP contribution >= 0.6 is 0 Å². The maximum Gasteiger partial charge on any atom is 0 e. The van der Waals surface area contributed by atoms with Crippen molar-refractivity contribution >= 4 is 236 Å². The molecule has 0 fully saturated rings. The van der Waals surface area contributed by atoms with E-state index in [1.54, 1.807) is 0 Å². The van der Waals surface area contributed by atoms with E-state index in [1.165, 1.54) is 0 Å². The molecule has 6 heteroatoms. The van der Waals surface area contributed by atoms with Gasteiger partial charge >= 0.3 is 0 Å². The first-order valence-corrected chi connectivity index (χ1v) is 0. The molecule has 0 saturated carbocycles. The van der Waals surface area contributed by atoms with Crippen molar-refractivity contribution in [2.75, 3.05) is 0 Å². The molecular formula is BaCaKMgNaSr. The fraction of sp³-hybridized carbons (Fsp3) is 0. The molecule has 0 amide bonds. The van der Waals surface area contributed by atoms with Gasteiger partial charge in [-0.25, -0.2) is 0 Å². The standard InChI is InChI=1S/Ba.Ca.K.Mg.Na.Sr. The van der Waals surface area contributed by atoms with Crippen molar-refractivity contribution in [3.8, 4) is 0 Å². The Balaban J connectivity index is 0. The summed E-state index contributed by atoms with van der Waals surface area (Å²) in [5.74, 6) is 0. The van der Waals surface area contributed by atoms with E-state index in [9.17, 15) is 0 Å². The van der Waals surface area contributed by atoms with Crippen LogP contribution in [0.25, 0.3) is 0 Å². The van der Waals surface area contributed by atoms with Gasteiger partial charge in [0.15, 0.2) is 0 Å². The van der Waals surface area contributed by atoms with Crippen LogP contribution in [-0.4, -0.2) is 236 Å². The number of hydrogen-bond acceptors (Lipinski definition) is 0. The zero-order chi connectivity index (χ0) is 0. The maximum atomic E-state index is 0. The van der Waals surface area contributed by atoms with E-state index in [4.69, 9.17) is 0 Å². The fourth-order valence-electron chi connectivity index (χ4n) is 0. The van der Waals surface area contributed by atoms with Crippen LogP contribution in [0.2, 0.25) is 0 Å². The largest absolute Gasteiger partial charge is 0 e. The first kappa shape index (κ1) is 37.3. The molecule has 0 aromatic carbocycles. The van der Waals surface area contributed by atoms with Crippen molar-refractivity contribution in [2.24, 2.45) is 0 Å². The van der Waals surface area contributed by atoms with Crippen molar-refractivity contribution in [3.05, 3.63) is 0 Å². The van der Waals surface area contributed by atoms with Crippen LogP contribution in [-0.2, 0) is 0 Å². The van der Waals surface area contributed by atoms with Crippen LogP contribution in [0.15, 0.2) is 0 Å². The van der Waals surface area contributed by atoms with Crippen molar-refractivity contribution in [2.45, 2.75) is 0 Å². The van der Waals surface area contributed by atoms with Gasteiger partial charge in [0.25, 0.3) is 0 Å².